The average molecular weight is 772 g/mol. The van der Waals surface area contributed by atoms with E-state index >= 15 is 0 Å². The first-order valence-corrected chi connectivity index (χ1v) is 20.3. The van der Waals surface area contributed by atoms with E-state index in [1.807, 2.05) is 43.3 Å². The number of amides is 2. The Morgan fingerprint density at radius 3 is 1.38 bits per heavy atom. The molecule has 2 aromatic carbocycles. The Morgan fingerprint density at radius 2 is 1.02 bits per heavy atom. The minimum Gasteiger partial charge on any atom is -0.399 e. The summed E-state index contributed by atoms with van der Waals surface area (Å²) in [5.74, 6) is 0. The van der Waals surface area contributed by atoms with Crippen LogP contribution in [0.15, 0.2) is 73.6 Å². The van der Waals surface area contributed by atoms with E-state index in [9.17, 15) is 26.4 Å². The van der Waals surface area contributed by atoms with E-state index in [1.165, 1.54) is 36.6 Å². The monoisotopic (exact) mass is 771 g/mol. The van der Waals surface area contributed by atoms with Crippen LogP contribution >= 0.6 is 0 Å². The lowest BCUT2D eigenvalue weighted by atomic mass is 9.95. The van der Waals surface area contributed by atoms with E-state index in [-0.39, 0.29) is 18.1 Å². The van der Waals surface area contributed by atoms with Crippen LogP contribution in [0.25, 0.3) is 22.5 Å². The second-order valence-electron chi connectivity index (χ2n) is 13.1. The quantitative estimate of drug-likeness (QED) is 0.178. The van der Waals surface area contributed by atoms with Gasteiger partial charge in [-0.3, -0.25) is 13.9 Å². The van der Waals surface area contributed by atoms with Gasteiger partial charge in [0.25, 0.3) is 20.4 Å². The maximum absolute atomic E-state index is 12.7. The number of benzene rings is 2. The van der Waals surface area contributed by atoms with Crippen LogP contribution in [0.4, 0.5) is 21.0 Å². The predicted octanol–water partition coefficient (Wildman–Crippen LogP) is 3.91. The highest BCUT2D eigenvalue weighted by Crippen LogP contribution is 2.25. The number of hydrogen-bond acceptors (Lipinski definition) is 9. The Bertz CT molecular complexity index is 2010. The lowest BCUT2D eigenvalue weighted by Crippen LogP contribution is -2.40. The zero-order valence-electron chi connectivity index (χ0n) is 29.9. The van der Waals surface area contributed by atoms with Gasteiger partial charge in [-0.15, -0.1) is 0 Å². The SMILES string of the molecule is CN(C(=O)n1cnc(-c2ccc(N)cc2)c1)C1CCCCC1.CN(C(=O)n1cnc(-c2ccc(NS(N)(=O)=O)cc2)c1)C1CCCCC1.NS(N)(=O)=O. The third kappa shape index (κ3) is 13.0. The van der Waals surface area contributed by atoms with Crippen molar-refractivity contribution in [3.05, 3.63) is 73.6 Å². The summed E-state index contributed by atoms with van der Waals surface area (Å²) >= 11 is 0. The van der Waals surface area contributed by atoms with E-state index in [1.54, 1.807) is 52.5 Å². The van der Waals surface area contributed by atoms with Crippen molar-refractivity contribution in [2.24, 2.45) is 15.4 Å². The number of anilines is 2. The summed E-state index contributed by atoms with van der Waals surface area (Å²) in [4.78, 5) is 37.5. The van der Waals surface area contributed by atoms with Crippen molar-refractivity contribution in [3.8, 4) is 22.5 Å². The molecule has 2 aliphatic rings. The van der Waals surface area contributed by atoms with Gasteiger partial charge in [0, 0.05) is 61.1 Å². The van der Waals surface area contributed by atoms with Crippen LogP contribution in [0.5, 0.6) is 0 Å². The van der Waals surface area contributed by atoms with E-state index < -0.39 is 20.4 Å². The van der Waals surface area contributed by atoms with Gasteiger partial charge < -0.3 is 15.5 Å². The number of rotatable bonds is 6. The minimum atomic E-state index is -3.80. The lowest BCUT2D eigenvalue weighted by Gasteiger charge is -2.31. The molecule has 0 bridgehead atoms. The molecule has 17 nitrogen and oxygen atoms in total. The number of nitrogens with one attached hydrogen (secondary N) is 1. The maximum atomic E-state index is 12.7. The number of nitrogens with two attached hydrogens (primary N) is 4. The summed E-state index contributed by atoms with van der Waals surface area (Å²) in [5.41, 5.74) is 9.93. The molecule has 2 aliphatic carbocycles. The van der Waals surface area contributed by atoms with Gasteiger partial charge in [0.2, 0.25) is 0 Å². The van der Waals surface area contributed by atoms with Crippen LogP contribution < -0.4 is 25.9 Å². The van der Waals surface area contributed by atoms with Crippen LogP contribution in [-0.2, 0) is 20.4 Å². The average Bonchev–Trinajstić information content (AvgIpc) is 3.82. The highest BCUT2D eigenvalue weighted by Gasteiger charge is 2.24. The van der Waals surface area contributed by atoms with Crippen molar-refractivity contribution in [1.29, 1.82) is 0 Å². The molecule has 9 N–H and O–H groups in total. The second kappa shape index (κ2) is 18.3. The van der Waals surface area contributed by atoms with Crippen LogP contribution in [0.3, 0.4) is 0 Å². The fourth-order valence-corrected chi connectivity index (χ4v) is 6.76. The van der Waals surface area contributed by atoms with Crippen molar-refractivity contribution in [3.63, 3.8) is 0 Å². The van der Waals surface area contributed by atoms with Crippen LogP contribution in [0.1, 0.15) is 64.2 Å². The number of nitrogen functional groups attached to an aromatic ring is 1. The largest absolute Gasteiger partial charge is 0.399 e. The first-order valence-electron chi connectivity index (χ1n) is 17.2. The molecule has 4 aromatic rings. The number of imidazole rings is 2. The third-order valence-electron chi connectivity index (χ3n) is 9.10. The predicted molar refractivity (Wildman–Crippen MR) is 205 cm³/mol. The van der Waals surface area contributed by atoms with E-state index in [0.717, 1.165) is 61.0 Å². The molecule has 2 heterocycles. The van der Waals surface area contributed by atoms with Gasteiger partial charge in [-0.2, -0.15) is 16.8 Å². The summed E-state index contributed by atoms with van der Waals surface area (Å²) in [5, 5.41) is 13.2. The molecule has 2 amide bonds. The summed E-state index contributed by atoms with van der Waals surface area (Å²) < 4.78 is 45.7. The van der Waals surface area contributed by atoms with Gasteiger partial charge in [0.1, 0.15) is 12.7 Å². The molecular weight excluding hydrogens is 723 g/mol. The second-order valence-corrected chi connectivity index (χ2v) is 15.6. The summed E-state index contributed by atoms with van der Waals surface area (Å²) in [6.07, 6.45) is 18.1. The highest BCUT2D eigenvalue weighted by molar-refractivity contribution is 7.90. The van der Waals surface area contributed by atoms with Gasteiger partial charge in [0.05, 0.1) is 11.4 Å². The number of hydrogen-bond donors (Lipinski definition) is 5. The number of nitrogens with zero attached hydrogens (tertiary/aromatic N) is 6. The molecule has 0 aliphatic heterocycles. The summed E-state index contributed by atoms with van der Waals surface area (Å²) in [7, 11) is -3.74. The molecule has 6 rings (SSSR count). The standard InChI is InChI=1S/C17H23N5O3S.C17H22N4O.H4N2O2S/c1-21(15-5-3-2-4-6-15)17(23)22-11-16(19-12-22)13-7-9-14(10-8-13)20-26(18,24)25;1-20(15-5-3-2-4-6-15)17(22)21-11-16(19-12-21)13-7-9-14(18)10-8-13;1-5(2,3)4/h7-12,15,20H,2-6H2,1H3,(H2,18,24,25);7-12,15H,2-6,18H2,1H3;(H4,1,2,3,4). The molecule has 2 fully saturated rings. The molecule has 53 heavy (non-hydrogen) atoms. The molecule has 0 atom stereocenters. The van der Waals surface area contributed by atoms with Crippen molar-refractivity contribution in [2.45, 2.75) is 76.3 Å². The minimum absolute atomic E-state index is 0.0129. The molecule has 0 unspecified atom stereocenters. The fraction of sp³-hybridized carbons (Fsp3) is 0.412. The van der Waals surface area contributed by atoms with Crippen LogP contribution in [0.2, 0.25) is 0 Å². The van der Waals surface area contributed by atoms with Gasteiger partial charge in [0.15, 0.2) is 0 Å². The Hall–Kier alpha value is -4.82. The Morgan fingerprint density at radius 1 is 0.660 bits per heavy atom. The van der Waals surface area contributed by atoms with Crippen molar-refractivity contribution >= 4 is 43.9 Å². The Kier molecular flexibility index (Phi) is 14.1. The molecule has 0 spiro atoms. The van der Waals surface area contributed by atoms with Gasteiger partial charge in [-0.25, -0.2) is 35.0 Å². The van der Waals surface area contributed by atoms with E-state index in [2.05, 4.69) is 25.0 Å². The highest BCUT2D eigenvalue weighted by atomic mass is 32.2. The zero-order chi connectivity index (χ0) is 38.8. The molecule has 0 saturated heterocycles. The number of aromatic nitrogens is 4. The van der Waals surface area contributed by atoms with E-state index in [4.69, 9.17) is 10.9 Å². The van der Waals surface area contributed by atoms with Crippen molar-refractivity contribution < 1.29 is 26.4 Å². The smallest absolute Gasteiger partial charge is 0.329 e. The topological polar surface area (TPSA) is 261 Å². The molecule has 0 radical (unpaired) electrons. The molecule has 2 aromatic heterocycles. The summed E-state index contributed by atoms with van der Waals surface area (Å²) in [6.45, 7) is 0. The zero-order valence-corrected chi connectivity index (χ0v) is 31.5. The van der Waals surface area contributed by atoms with Gasteiger partial charge >= 0.3 is 12.1 Å². The van der Waals surface area contributed by atoms with Crippen LogP contribution in [-0.4, -0.2) is 84.0 Å². The normalized spacial score (nSPS) is 15.3. The fourth-order valence-electron chi connectivity index (χ4n) is 6.29. The molecule has 2 saturated carbocycles. The molecular formula is C34H49N11O6S2. The van der Waals surface area contributed by atoms with Gasteiger partial charge in [-0.05, 0) is 49.9 Å². The van der Waals surface area contributed by atoms with Crippen molar-refractivity contribution in [2.75, 3.05) is 24.6 Å². The van der Waals surface area contributed by atoms with Gasteiger partial charge in [-0.1, -0.05) is 62.8 Å². The van der Waals surface area contributed by atoms with E-state index in [0.29, 0.717) is 17.4 Å². The Labute approximate surface area is 310 Å². The Balaban J connectivity index is 0.000000212. The number of carbonyl (C=O) groups is 2. The van der Waals surface area contributed by atoms with Crippen LogP contribution in [0, 0.1) is 0 Å². The third-order valence-corrected chi connectivity index (χ3v) is 9.62. The number of carbonyl (C=O) groups excluding carboxylic acids is 2. The maximum Gasteiger partial charge on any atom is 0.329 e. The molecule has 19 heteroatoms. The molecule has 288 valence electrons. The van der Waals surface area contributed by atoms with Crippen molar-refractivity contribution in [1.82, 2.24) is 28.9 Å². The first-order chi connectivity index (χ1) is 25.0. The lowest BCUT2D eigenvalue weighted by molar-refractivity contribution is 0.174. The summed E-state index contributed by atoms with van der Waals surface area (Å²) in [6, 6.07) is 14.6. The first kappa shape index (κ1) is 40.9.